The summed E-state index contributed by atoms with van der Waals surface area (Å²) in [6.45, 7) is 1.46. The van der Waals surface area contributed by atoms with Crippen LogP contribution in [0, 0.1) is 0 Å². The number of alkyl halides is 12. The SMILES string of the molecule is C=CC(F)(F)Oc1ccc(CCC(=O)C(=C)c2nc(OCC(F)(F)C(F)(F)F)cc(OCC(F)(F)C(F)(F)F)n2)cc1. The number of Topliss-reactive ketones (excluding diaryl/α,β-unsaturated/α-hetero) is 1. The number of rotatable bonds is 14. The van der Waals surface area contributed by atoms with Crippen LogP contribution in [0.2, 0.25) is 0 Å². The summed E-state index contributed by atoms with van der Waals surface area (Å²) in [5.41, 5.74) is -0.280. The van der Waals surface area contributed by atoms with Crippen molar-refractivity contribution in [3.8, 4) is 17.5 Å². The molecule has 0 unspecified atom stereocenters. The second-order valence-corrected chi connectivity index (χ2v) is 8.26. The first kappa shape index (κ1) is 34.2. The highest BCUT2D eigenvalue weighted by atomic mass is 19.4. The van der Waals surface area contributed by atoms with E-state index in [1.807, 2.05) is 0 Å². The Bertz CT molecular complexity index is 1230. The average molecular weight is 626 g/mol. The third-order valence-corrected chi connectivity index (χ3v) is 4.97. The van der Waals surface area contributed by atoms with E-state index in [2.05, 4.69) is 37.3 Å². The minimum Gasteiger partial charge on any atom is -0.471 e. The zero-order valence-corrected chi connectivity index (χ0v) is 20.8. The number of carbonyl (C=O) groups excluding carboxylic acids is 1. The number of halogens is 12. The molecule has 1 aromatic heterocycles. The Kier molecular flexibility index (Phi) is 10.2. The molecule has 0 saturated heterocycles. The topological polar surface area (TPSA) is 70.5 Å². The molecule has 2 aromatic rings. The smallest absolute Gasteiger partial charge is 0.456 e. The molecule has 6 nitrogen and oxygen atoms in total. The predicted molar refractivity (Wildman–Crippen MR) is 120 cm³/mol. The minimum atomic E-state index is -6.08. The molecule has 0 aliphatic heterocycles. The summed E-state index contributed by atoms with van der Waals surface area (Å²) in [6, 6.07) is 5.16. The number of carbonyl (C=O) groups is 1. The van der Waals surface area contributed by atoms with Crippen molar-refractivity contribution in [1.82, 2.24) is 9.97 Å². The molecule has 0 amide bonds. The Balaban J connectivity index is 2.23. The molecule has 0 aliphatic carbocycles. The van der Waals surface area contributed by atoms with E-state index in [-0.39, 0.29) is 24.3 Å². The van der Waals surface area contributed by atoms with Gasteiger partial charge in [0, 0.05) is 12.5 Å². The number of ether oxygens (including phenoxy) is 3. The Morgan fingerprint density at radius 2 is 1.24 bits per heavy atom. The van der Waals surface area contributed by atoms with Crippen molar-refractivity contribution in [2.24, 2.45) is 0 Å². The highest BCUT2D eigenvalue weighted by molar-refractivity contribution is 6.18. The summed E-state index contributed by atoms with van der Waals surface area (Å²) in [4.78, 5) is 19.4. The molecule has 0 spiro atoms. The average Bonchev–Trinajstić information content (AvgIpc) is 2.88. The van der Waals surface area contributed by atoms with Crippen LogP contribution in [0.4, 0.5) is 52.7 Å². The van der Waals surface area contributed by atoms with Gasteiger partial charge in [0.1, 0.15) is 5.75 Å². The number of nitrogens with zero attached hydrogens (tertiary/aromatic N) is 2. The van der Waals surface area contributed by atoms with Crippen molar-refractivity contribution in [3.63, 3.8) is 0 Å². The van der Waals surface area contributed by atoms with Crippen LogP contribution in [0.1, 0.15) is 17.8 Å². The molecule has 0 aliphatic rings. The number of allylic oxidation sites excluding steroid dienone is 1. The zero-order chi connectivity index (χ0) is 32.1. The van der Waals surface area contributed by atoms with Crippen LogP contribution >= 0.6 is 0 Å². The molecule has 0 saturated carbocycles. The zero-order valence-electron chi connectivity index (χ0n) is 20.8. The standard InChI is InChI=1S/C24H18F12N2O4/c1-3-22(29,30)42-15-7-4-14(5-8-15)6-9-16(39)13(2)19-37-17(40-11-20(25,26)23(31,32)33)10-18(38-19)41-12-21(27,28)24(34,35)36/h3-5,7-8,10H,1-2,6,9,11-12H2. The Labute approximate surface area is 228 Å². The minimum absolute atomic E-state index is 0.0782. The first-order chi connectivity index (χ1) is 19.1. The van der Waals surface area contributed by atoms with E-state index in [1.165, 1.54) is 12.1 Å². The molecule has 0 fully saturated rings. The quantitative estimate of drug-likeness (QED) is 0.128. The van der Waals surface area contributed by atoms with Gasteiger partial charge >= 0.3 is 30.3 Å². The van der Waals surface area contributed by atoms with E-state index in [4.69, 9.17) is 0 Å². The normalized spacial score (nSPS) is 13.0. The van der Waals surface area contributed by atoms with E-state index in [0.29, 0.717) is 5.56 Å². The lowest BCUT2D eigenvalue weighted by Crippen LogP contribution is -2.42. The molecule has 0 atom stereocenters. The maximum Gasteiger partial charge on any atom is 0.456 e. The van der Waals surface area contributed by atoms with Gasteiger partial charge in [-0.1, -0.05) is 25.3 Å². The highest BCUT2D eigenvalue weighted by Gasteiger charge is 2.59. The molecule has 0 N–H and O–H groups in total. The van der Waals surface area contributed by atoms with E-state index in [0.717, 1.165) is 12.1 Å². The van der Waals surface area contributed by atoms with Crippen LogP contribution in [0.15, 0.2) is 49.6 Å². The molecule has 1 aromatic carbocycles. The van der Waals surface area contributed by atoms with Crippen molar-refractivity contribution in [1.29, 1.82) is 0 Å². The Morgan fingerprint density at radius 3 is 1.64 bits per heavy atom. The maximum atomic E-state index is 13.3. The van der Waals surface area contributed by atoms with E-state index in [1.54, 1.807) is 0 Å². The number of hydrogen-bond acceptors (Lipinski definition) is 6. The summed E-state index contributed by atoms with van der Waals surface area (Å²) in [5.74, 6) is -15.3. The Morgan fingerprint density at radius 1 is 0.786 bits per heavy atom. The predicted octanol–water partition coefficient (Wildman–Crippen LogP) is 7.00. The number of aryl methyl sites for hydroxylation is 1. The number of benzene rings is 1. The molecule has 1 heterocycles. The fourth-order valence-electron chi connectivity index (χ4n) is 2.64. The number of hydrogen-bond donors (Lipinski definition) is 0. The molecule has 18 heteroatoms. The van der Waals surface area contributed by atoms with Crippen molar-refractivity contribution >= 4 is 11.4 Å². The number of ketones is 1. The van der Waals surface area contributed by atoms with Crippen LogP contribution in [-0.2, 0) is 11.2 Å². The lowest BCUT2D eigenvalue weighted by molar-refractivity contribution is -0.290. The van der Waals surface area contributed by atoms with Gasteiger partial charge in [0.2, 0.25) is 11.8 Å². The van der Waals surface area contributed by atoms with Crippen LogP contribution in [0.5, 0.6) is 17.5 Å². The van der Waals surface area contributed by atoms with E-state index in [9.17, 15) is 57.5 Å². The lowest BCUT2D eigenvalue weighted by Gasteiger charge is -2.21. The van der Waals surface area contributed by atoms with Crippen molar-refractivity contribution < 1.29 is 71.7 Å². The molecule has 2 rings (SSSR count). The van der Waals surface area contributed by atoms with Crippen molar-refractivity contribution in [3.05, 3.63) is 61.0 Å². The highest BCUT2D eigenvalue weighted by Crippen LogP contribution is 2.37. The van der Waals surface area contributed by atoms with Gasteiger partial charge in [0.15, 0.2) is 24.8 Å². The van der Waals surface area contributed by atoms with Gasteiger partial charge < -0.3 is 14.2 Å². The summed E-state index contributed by atoms with van der Waals surface area (Å²) in [5, 5.41) is 0. The molecular weight excluding hydrogens is 608 g/mol. The van der Waals surface area contributed by atoms with Crippen molar-refractivity contribution in [2.75, 3.05) is 13.2 Å². The van der Waals surface area contributed by atoms with Crippen molar-refractivity contribution in [2.45, 2.75) is 43.1 Å². The van der Waals surface area contributed by atoms with Crippen LogP contribution in [-0.4, -0.2) is 59.3 Å². The number of aromatic nitrogens is 2. The van der Waals surface area contributed by atoms with Gasteiger partial charge in [-0.15, -0.1) is 0 Å². The Hall–Kier alpha value is -3.99. The van der Waals surface area contributed by atoms with Gasteiger partial charge in [-0.05, 0) is 24.1 Å². The van der Waals surface area contributed by atoms with Gasteiger partial charge in [0.05, 0.1) is 11.6 Å². The first-order valence-corrected chi connectivity index (χ1v) is 11.1. The fraction of sp³-hybridized carbons (Fsp3) is 0.375. The summed E-state index contributed by atoms with van der Waals surface area (Å²) in [7, 11) is 0. The summed E-state index contributed by atoms with van der Waals surface area (Å²) >= 11 is 0. The van der Waals surface area contributed by atoms with Crippen LogP contribution in [0.3, 0.4) is 0 Å². The third-order valence-electron chi connectivity index (χ3n) is 4.97. The molecular formula is C24H18F12N2O4. The second kappa shape index (κ2) is 12.5. The third kappa shape index (κ3) is 9.27. The van der Waals surface area contributed by atoms with E-state index >= 15 is 0 Å². The second-order valence-electron chi connectivity index (χ2n) is 8.26. The van der Waals surface area contributed by atoms with Crippen LogP contribution in [0.25, 0.3) is 5.57 Å². The molecule has 0 bridgehead atoms. The molecule has 42 heavy (non-hydrogen) atoms. The lowest BCUT2D eigenvalue weighted by atomic mass is 10.0. The summed E-state index contributed by atoms with van der Waals surface area (Å²) in [6.07, 6.45) is -16.0. The van der Waals surface area contributed by atoms with Gasteiger partial charge in [-0.25, -0.2) is 0 Å². The molecule has 232 valence electrons. The maximum absolute atomic E-state index is 13.3. The molecule has 0 radical (unpaired) electrons. The monoisotopic (exact) mass is 626 g/mol. The first-order valence-electron chi connectivity index (χ1n) is 11.1. The van der Waals surface area contributed by atoms with Crippen LogP contribution < -0.4 is 14.2 Å². The van der Waals surface area contributed by atoms with Gasteiger partial charge in [-0.3, -0.25) is 4.79 Å². The van der Waals surface area contributed by atoms with Gasteiger partial charge in [0.25, 0.3) is 0 Å². The largest absolute Gasteiger partial charge is 0.471 e. The van der Waals surface area contributed by atoms with Gasteiger partial charge in [-0.2, -0.15) is 62.7 Å². The summed E-state index contributed by atoms with van der Waals surface area (Å²) < 4.78 is 167. The van der Waals surface area contributed by atoms with E-state index < -0.39 is 78.9 Å². The fourth-order valence-corrected chi connectivity index (χ4v) is 2.64.